The molecule has 9 heteroatoms. The van der Waals surface area contributed by atoms with Gasteiger partial charge < -0.3 is 0 Å². The molecule has 132 valence electrons. The summed E-state index contributed by atoms with van der Waals surface area (Å²) in [7, 11) is 1.69. The number of aromatic nitrogens is 2. The van der Waals surface area contributed by atoms with E-state index >= 15 is 0 Å². The second kappa shape index (κ2) is 6.61. The first-order valence-electron chi connectivity index (χ1n) is 7.81. The van der Waals surface area contributed by atoms with Crippen molar-refractivity contribution in [3.63, 3.8) is 0 Å². The van der Waals surface area contributed by atoms with Gasteiger partial charge in [0.2, 0.25) is 0 Å². The lowest BCUT2D eigenvalue weighted by molar-refractivity contribution is 0.176. The Morgan fingerprint density at radius 2 is 1.88 bits per heavy atom. The molecule has 24 heavy (non-hydrogen) atoms. The van der Waals surface area contributed by atoms with Gasteiger partial charge in [0.1, 0.15) is 0 Å². The molecular weight excluding hydrogens is 350 g/mol. The fourth-order valence-electron chi connectivity index (χ4n) is 3.02. The molecule has 0 spiro atoms. The van der Waals surface area contributed by atoms with Crippen LogP contribution in [0.5, 0.6) is 0 Å². The van der Waals surface area contributed by atoms with Crippen LogP contribution in [0.25, 0.3) is 10.9 Å². The molecule has 0 bridgehead atoms. The molecule has 0 radical (unpaired) electrons. The summed E-state index contributed by atoms with van der Waals surface area (Å²) in [6.45, 7) is 2.99. The van der Waals surface area contributed by atoms with Crippen molar-refractivity contribution in [2.45, 2.75) is 6.54 Å². The third-order valence-corrected chi connectivity index (χ3v) is 6.65. The fourth-order valence-corrected chi connectivity index (χ4v) is 4.39. The van der Waals surface area contributed by atoms with Crippen molar-refractivity contribution in [2.24, 2.45) is 7.05 Å². The van der Waals surface area contributed by atoms with Crippen LogP contribution in [-0.4, -0.2) is 72.0 Å². The number of halogens is 1. The quantitative estimate of drug-likeness (QED) is 0.809. The zero-order valence-electron chi connectivity index (χ0n) is 14.1. The van der Waals surface area contributed by atoms with Gasteiger partial charge in [0.15, 0.2) is 0 Å². The average molecular weight is 372 g/mol. The van der Waals surface area contributed by atoms with Crippen LogP contribution in [-0.2, 0) is 23.8 Å². The molecule has 0 N–H and O–H groups in total. The maximum Gasteiger partial charge on any atom is 0.281 e. The van der Waals surface area contributed by atoms with Gasteiger partial charge in [-0.25, -0.2) is 0 Å². The number of hydrogen-bond donors (Lipinski definition) is 0. The van der Waals surface area contributed by atoms with Gasteiger partial charge in [0, 0.05) is 59.3 Å². The Labute approximate surface area is 147 Å². The number of fused-ring (bicyclic) bond motifs is 1. The number of nitrogens with zero attached hydrogens (tertiary/aromatic N) is 5. The molecule has 0 aliphatic carbocycles. The minimum atomic E-state index is -3.33. The standard InChI is InChI=1S/C15H22ClN5O2S/c1-18(2)24(22,23)21-9-7-20(8-10-21)11-13-15-12(16)5-4-6-14(15)19(3)17-13/h4-6H,7-11H2,1-3H3. The SMILES string of the molecule is CN(C)S(=O)(=O)N1CCN(Cc2nn(C)c3cccc(Cl)c23)CC1. The molecule has 2 aromatic rings. The third-order valence-electron chi connectivity index (χ3n) is 4.39. The Morgan fingerprint density at radius 3 is 2.50 bits per heavy atom. The van der Waals surface area contributed by atoms with Gasteiger partial charge in [-0.2, -0.15) is 22.1 Å². The highest BCUT2D eigenvalue weighted by atomic mass is 35.5. The first kappa shape index (κ1) is 17.6. The molecule has 1 aliphatic rings. The van der Waals surface area contributed by atoms with Crippen LogP contribution in [0.4, 0.5) is 0 Å². The predicted molar refractivity (Wildman–Crippen MR) is 95.2 cm³/mol. The summed E-state index contributed by atoms with van der Waals surface area (Å²) in [6.07, 6.45) is 0. The lowest BCUT2D eigenvalue weighted by atomic mass is 10.2. The number of aryl methyl sites for hydroxylation is 1. The first-order chi connectivity index (χ1) is 11.3. The van der Waals surface area contributed by atoms with Gasteiger partial charge in [0.05, 0.1) is 16.2 Å². The van der Waals surface area contributed by atoms with Gasteiger partial charge in [-0.3, -0.25) is 9.58 Å². The van der Waals surface area contributed by atoms with E-state index in [4.69, 9.17) is 11.6 Å². The molecule has 0 atom stereocenters. The van der Waals surface area contributed by atoms with E-state index in [0.717, 1.165) is 16.6 Å². The minimum absolute atomic E-state index is 0.485. The summed E-state index contributed by atoms with van der Waals surface area (Å²) in [5.74, 6) is 0. The smallest absolute Gasteiger partial charge is 0.281 e. The van der Waals surface area contributed by atoms with E-state index in [1.165, 1.54) is 8.61 Å². The van der Waals surface area contributed by atoms with Crippen LogP contribution in [0.15, 0.2) is 18.2 Å². The monoisotopic (exact) mass is 371 g/mol. The Kier molecular flexibility index (Phi) is 4.85. The summed E-state index contributed by atoms with van der Waals surface area (Å²) >= 11 is 6.35. The number of rotatable bonds is 4. The van der Waals surface area contributed by atoms with Crippen LogP contribution in [0, 0.1) is 0 Å². The summed E-state index contributed by atoms with van der Waals surface area (Å²) in [6, 6.07) is 5.79. The van der Waals surface area contributed by atoms with E-state index in [-0.39, 0.29) is 0 Å². The van der Waals surface area contributed by atoms with E-state index < -0.39 is 10.2 Å². The van der Waals surface area contributed by atoms with Crippen molar-refractivity contribution in [2.75, 3.05) is 40.3 Å². The Balaban J connectivity index is 1.74. The molecule has 1 saturated heterocycles. The molecule has 0 unspecified atom stereocenters. The molecule has 7 nitrogen and oxygen atoms in total. The van der Waals surface area contributed by atoms with Gasteiger partial charge in [-0.05, 0) is 12.1 Å². The lowest BCUT2D eigenvalue weighted by Gasteiger charge is -2.34. The van der Waals surface area contributed by atoms with E-state index in [9.17, 15) is 8.42 Å². The highest BCUT2D eigenvalue weighted by Crippen LogP contribution is 2.27. The number of benzene rings is 1. The van der Waals surface area contributed by atoms with Crippen molar-refractivity contribution >= 4 is 32.7 Å². The van der Waals surface area contributed by atoms with E-state index in [1.54, 1.807) is 14.1 Å². The maximum atomic E-state index is 12.2. The highest BCUT2D eigenvalue weighted by molar-refractivity contribution is 7.86. The Hall–Kier alpha value is -1.19. The van der Waals surface area contributed by atoms with Crippen LogP contribution < -0.4 is 0 Å². The average Bonchev–Trinajstić information content (AvgIpc) is 2.85. The van der Waals surface area contributed by atoms with Gasteiger partial charge in [0.25, 0.3) is 10.2 Å². The molecule has 2 heterocycles. The van der Waals surface area contributed by atoms with Crippen molar-refractivity contribution in [1.82, 2.24) is 23.3 Å². The van der Waals surface area contributed by atoms with Crippen molar-refractivity contribution in [3.8, 4) is 0 Å². The maximum absolute atomic E-state index is 12.2. The zero-order valence-corrected chi connectivity index (χ0v) is 15.7. The van der Waals surface area contributed by atoms with Gasteiger partial charge in [-0.15, -0.1) is 0 Å². The second-order valence-corrected chi connectivity index (χ2v) is 8.72. The normalized spacial score (nSPS) is 17.9. The van der Waals surface area contributed by atoms with Crippen molar-refractivity contribution < 1.29 is 8.42 Å². The van der Waals surface area contributed by atoms with E-state index in [2.05, 4.69) is 10.00 Å². The highest BCUT2D eigenvalue weighted by Gasteiger charge is 2.29. The summed E-state index contributed by atoms with van der Waals surface area (Å²) in [4.78, 5) is 2.22. The molecule has 1 aromatic heterocycles. The Morgan fingerprint density at radius 1 is 1.21 bits per heavy atom. The van der Waals surface area contributed by atoms with Crippen LogP contribution in [0.3, 0.4) is 0 Å². The molecule has 3 rings (SSSR count). The van der Waals surface area contributed by atoms with Crippen LogP contribution in [0.1, 0.15) is 5.69 Å². The van der Waals surface area contributed by atoms with Crippen LogP contribution >= 0.6 is 11.6 Å². The molecular formula is C15H22ClN5O2S. The Bertz CT molecular complexity index is 841. The fraction of sp³-hybridized carbons (Fsp3) is 0.533. The van der Waals surface area contributed by atoms with Gasteiger partial charge >= 0.3 is 0 Å². The van der Waals surface area contributed by atoms with Crippen LogP contribution in [0.2, 0.25) is 5.02 Å². The molecule has 1 aromatic carbocycles. The molecule has 1 fully saturated rings. The van der Waals surface area contributed by atoms with Crippen molar-refractivity contribution in [3.05, 3.63) is 28.9 Å². The predicted octanol–water partition coefficient (Wildman–Crippen LogP) is 1.15. The second-order valence-electron chi connectivity index (χ2n) is 6.17. The minimum Gasteiger partial charge on any atom is -0.295 e. The van der Waals surface area contributed by atoms with Crippen molar-refractivity contribution in [1.29, 1.82) is 0 Å². The number of piperazine rings is 1. The largest absolute Gasteiger partial charge is 0.295 e. The number of hydrogen-bond acceptors (Lipinski definition) is 4. The first-order valence-corrected chi connectivity index (χ1v) is 9.58. The summed E-state index contributed by atoms with van der Waals surface area (Å²) < 4.78 is 29.0. The zero-order chi connectivity index (χ0) is 17.5. The third kappa shape index (κ3) is 3.16. The lowest BCUT2D eigenvalue weighted by Crippen LogP contribution is -2.51. The van der Waals surface area contributed by atoms with Gasteiger partial charge in [-0.1, -0.05) is 17.7 Å². The molecule has 1 aliphatic heterocycles. The molecule has 0 saturated carbocycles. The van der Waals surface area contributed by atoms with E-state index in [1.807, 2.05) is 29.9 Å². The summed E-state index contributed by atoms with van der Waals surface area (Å²) in [5, 5.41) is 6.27. The summed E-state index contributed by atoms with van der Waals surface area (Å²) in [5.41, 5.74) is 1.94. The molecule has 0 amide bonds. The van der Waals surface area contributed by atoms with E-state index in [0.29, 0.717) is 37.7 Å². The topological polar surface area (TPSA) is 61.7 Å².